The van der Waals surface area contributed by atoms with Crippen LogP contribution in [0.2, 0.25) is 0 Å². The second-order valence-electron chi connectivity index (χ2n) is 6.61. The summed E-state index contributed by atoms with van der Waals surface area (Å²) in [6.45, 7) is 3.82. The van der Waals surface area contributed by atoms with Crippen LogP contribution in [0.5, 0.6) is 5.75 Å². The summed E-state index contributed by atoms with van der Waals surface area (Å²) in [5.41, 5.74) is 6.05. The van der Waals surface area contributed by atoms with Gasteiger partial charge in [0, 0.05) is 31.1 Å². The summed E-state index contributed by atoms with van der Waals surface area (Å²) in [5.74, 6) is 1.14. The van der Waals surface area contributed by atoms with Crippen LogP contribution in [0.15, 0.2) is 36.4 Å². The molecule has 4 nitrogen and oxygen atoms in total. The van der Waals surface area contributed by atoms with Gasteiger partial charge in [0.1, 0.15) is 5.75 Å². The Kier molecular flexibility index (Phi) is 3.98. The molecule has 0 saturated carbocycles. The smallest absolute Gasteiger partial charge is 0.224 e. The molecule has 0 bridgehead atoms. The second kappa shape index (κ2) is 6.29. The Labute approximate surface area is 142 Å². The maximum Gasteiger partial charge on any atom is 0.224 e. The van der Waals surface area contributed by atoms with Gasteiger partial charge in [-0.25, -0.2) is 0 Å². The van der Waals surface area contributed by atoms with Gasteiger partial charge in [0.25, 0.3) is 0 Å². The SMILES string of the molecule is C[C@@H](NCc1ccc2c(c1)CCO2)c1ccc2c(c1)CCC(=O)N2. The van der Waals surface area contributed by atoms with E-state index in [9.17, 15) is 4.79 Å². The van der Waals surface area contributed by atoms with E-state index >= 15 is 0 Å². The molecule has 2 aromatic carbocycles. The average Bonchev–Trinajstić information content (AvgIpc) is 3.07. The molecule has 0 aromatic heterocycles. The third-order valence-corrected chi connectivity index (χ3v) is 4.89. The van der Waals surface area contributed by atoms with Gasteiger partial charge in [-0.15, -0.1) is 0 Å². The van der Waals surface area contributed by atoms with Crippen LogP contribution in [0, 0.1) is 0 Å². The van der Waals surface area contributed by atoms with Crippen LogP contribution < -0.4 is 15.4 Å². The number of carbonyl (C=O) groups is 1. The van der Waals surface area contributed by atoms with Gasteiger partial charge < -0.3 is 15.4 Å². The van der Waals surface area contributed by atoms with E-state index < -0.39 is 0 Å². The third-order valence-electron chi connectivity index (χ3n) is 4.89. The number of fused-ring (bicyclic) bond motifs is 2. The molecule has 0 aliphatic carbocycles. The molecular formula is C20H22N2O2. The number of rotatable bonds is 4. The summed E-state index contributed by atoms with van der Waals surface area (Å²) >= 11 is 0. The van der Waals surface area contributed by atoms with Crippen molar-refractivity contribution in [3.63, 3.8) is 0 Å². The molecule has 1 atom stereocenters. The third kappa shape index (κ3) is 3.02. The Hall–Kier alpha value is -2.33. The summed E-state index contributed by atoms with van der Waals surface area (Å²) in [6, 6.07) is 13.0. The van der Waals surface area contributed by atoms with E-state index in [0.29, 0.717) is 6.42 Å². The number of anilines is 1. The maximum atomic E-state index is 11.5. The van der Waals surface area contributed by atoms with Crippen molar-refractivity contribution in [3.8, 4) is 5.75 Å². The number of hydrogen-bond acceptors (Lipinski definition) is 3. The first kappa shape index (κ1) is 15.2. The Morgan fingerprint density at radius 2 is 2.04 bits per heavy atom. The first-order chi connectivity index (χ1) is 11.7. The van der Waals surface area contributed by atoms with Crippen LogP contribution in [0.3, 0.4) is 0 Å². The fraction of sp³-hybridized carbons (Fsp3) is 0.350. The summed E-state index contributed by atoms with van der Waals surface area (Å²) < 4.78 is 5.56. The van der Waals surface area contributed by atoms with Crippen LogP contribution in [-0.4, -0.2) is 12.5 Å². The van der Waals surface area contributed by atoms with E-state index in [1.54, 1.807) is 0 Å². The Balaban J connectivity index is 1.43. The van der Waals surface area contributed by atoms with Crippen molar-refractivity contribution in [2.24, 2.45) is 0 Å². The molecule has 4 heteroatoms. The molecule has 2 heterocycles. The molecule has 0 fully saturated rings. The van der Waals surface area contributed by atoms with Crippen LogP contribution in [0.4, 0.5) is 5.69 Å². The predicted octanol–water partition coefficient (Wildman–Crippen LogP) is 3.36. The molecule has 24 heavy (non-hydrogen) atoms. The zero-order chi connectivity index (χ0) is 16.5. The van der Waals surface area contributed by atoms with E-state index in [2.05, 4.69) is 47.9 Å². The highest BCUT2D eigenvalue weighted by Gasteiger charge is 2.16. The highest BCUT2D eigenvalue weighted by Crippen LogP contribution is 2.28. The van der Waals surface area contributed by atoms with Gasteiger partial charge >= 0.3 is 0 Å². The quantitative estimate of drug-likeness (QED) is 0.907. The van der Waals surface area contributed by atoms with E-state index in [1.807, 2.05) is 6.07 Å². The molecular weight excluding hydrogens is 300 g/mol. The van der Waals surface area contributed by atoms with Gasteiger partial charge in [-0.1, -0.05) is 24.3 Å². The van der Waals surface area contributed by atoms with Crippen molar-refractivity contribution in [2.45, 2.75) is 38.8 Å². The number of carbonyl (C=O) groups excluding carboxylic acids is 1. The first-order valence-electron chi connectivity index (χ1n) is 8.60. The predicted molar refractivity (Wildman–Crippen MR) is 94.3 cm³/mol. The number of aryl methyl sites for hydroxylation is 1. The van der Waals surface area contributed by atoms with Crippen molar-refractivity contribution < 1.29 is 9.53 Å². The van der Waals surface area contributed by atoms with Gasteiger partial charge in [-0.2, -0.15) is 0 Å². The lowest BCUT2D eigenvalue weighted by atomic mass is 9.97. The summed E-state index contributed by atoms with van der Waals surface area (Å²) in [6.07, 6.45) is 2.41. The number of nitrogens with one attached hydrogen (secondary N) is 2. The summed E-state index contributed by atoms with van der Waals surface area (Å²) in [4.78, 5) is 11.5. The molecule has 2 N–H and O–H groups in total. The van der Waals surface area contributed by atoms with Crippen molar-refractivity contribution in [1.29, 1.82) is 0 Å². The zero-order valence-electron chi connectivity index (χ0n) is 13.9. The molecule has 0 radical (unpaired) electrons. The number of amides is 1. The van der Waals surface area contributed by atoms with Gasteiger partial charge in [0.2, 0.25) is 5.91 Å². The standard InChI is InChI=1S/C20H22N2O2/c1-13(15-3-5-18-16(11-15)4-7-20(23)22-18)21-12-14-2-6-19-17(10-14)8-9-24-19/h2-3,5-6,10-11,13,21H,4,7-9,12H2,1H3,(H,22,23)/t13-/m1/s1. The number of ether oxygens (including phenoxy) is 1. The lowest BCUT2D eigenvalue weighted by Gasteiger charge is -2.20. The van der Waals surface area contributed by atoms with Gasteiger partial charge in [-0.05, 0) is 47.7 Å². The van der Waals surface area contributed by atoms with Gasteiger partial charge in [0.15, 0.2) is 0 Å². The first-order valence-corrected chi connectivity index (χ1v) is 8.60. The van der Waals surface area contributed by atoms with Crippen LogP contribution >= 0.6 is 0 Å². The second-order valence-corrected chi connectivity index (χ2v) is 6.61. The fourth-order valence-electron chi connectivity index (χ4n) is 3.41. The molecule has 4 rings (SSSR count). The van der Waals surface area contributed by atoms with Gasteiger partial charge in [-0.3, -0.25) is 4.79 Å². The summed E-state index contributed by atoms with van der Waals surface area (Å²) in [7, 11) is 0. The molecule has 2 aromatic rings. The monoisotopic (exact) mass is 322 g/mol. The highest BCUT2D eigenvalue weighted by atomic mass is 16.5. The van der Waals surface area contributed by atoms with Crippen LogP contribution in [-0.2, 0) is 24.2 Å². The Morgan fingerprint density at radius 1 is 1.12 bits per heavy atom. The number of benzene rings is 2. The lowest BCUT2D eigenvalue weighted by molar-refractivity contribution is -0.116. The topological polar surface area (TPSA) is 50.4 Å². The van der Waals surface area contributed by atoms with Crippen molar-refractivity contribution in [3.05, 3.63) is 58.7 Å². The minimum absolute atomic E-state index is 0.113. The zero-order valence-corrected chi connectivity index (χ0v) is 13.9. The van der Waals surface area contributed by atoms with Crippen LogP contribution in [0.25, 0.3) is 0 Å². The summed E-state index contributed by atoms with van der Waals surface area (Å²) in [5, 5.41) is 6.53. The molecule has 1 amide bonds. The minimum atomic E-state index is 0.113. The maximum absolute atomic E-state index is 11.5. The lowest BCUT2D eigenvalue weighted by Crippen LogP contribution is -2.21. The fourth-order valence-corrected chi connectivity index (χ4v) is 3.41. The molecule has 0 unspecified atom stereocenters. The molecule has 2 aliphatic rings. The Bertz CT molecular complexity index is 785. The average molecular weight is 322 g/mol. The normalized spacial score (nSPS) is 16.8. The van der Waals surface area contributed by atoms with E-state index in [1.165, 1.54) is 22.3 Å². The molecule has 124 valence electrons. The largest absolute Gasteiger partial charge is 0.493 e. The highest BCUT2D eigenvalue weighted by molar-refractivity contribution is 5.93. The van der Waals surface area contributed by atoms with E-state index in [4.69, 9.17) is 4.74 Å². The minimum Gasteiger partial charge on any atom is -0.493 e. The Morgan fingerprint density at radius 3 is 2.96 bits per heavy atom. The van der Waals surface area contributed by atoms with Crippen LogP contribution in [0.1, 0.15) is 41.6 Å². The van der Waals surface area contributed by atoms with E-state index in [-0.39, 0.29) is 11.9 Å². The van der Waals surface area contributed by atoms with Crippen molar-refractivity contribution in [1.82, 2.24) is 5.32 Å². The molecule has 2 aliphatic heterocycles. The number of hydrogen-bond donors (Lipinski definition) is 2. The van der Waals surface area contributed by atoms with Gasteiger partial charge in [0.05, 0.1) is 6.61 Å². The molecule has 0 saturated heterocycles. The van der Waals surface area contributed by atoms with Crippen molar-refractivity contribution >= 4 is 11.6 Å². The van der Waals surface area contributed by atoms with Crippen molar-refractivity contribution in [2.75, 3.05) is 11.9 Å². The molecule has 0 spiro atoms. The van der Waals surface area contributed by atoms with E-state index in [0.717, 1.165) is 37.4 Å².